The number of amides is 1. The number of rotatable bonds is 3. The van der Waals surface area contributed by atoms with Crippen molar-refractivity contribution in [3.8, 4) is 16.9 Å². The van der Waals surface area contributed by atoms with E-state index in [-0.39, 0.29) is 11.3 Å². The molecule has 1 aromatic heterocycles. The lowest BCUT2D eigenvalue weighted by atomic mass is 10.1. The summed E-state index contributed by atoms with van der Waals surface area (Å²) in [6.07, 6.45) is 3.50. The molecule has 0 aliphatic rings. The van der Waals surface area contributed by atoms with Gasteiger partial charge < -0.3 is 10.8 Å². The van der Waals surface area contributed by atoms with Crippen LogP contribution in [0.3, 0.4) is 0 Å². The Kier molecular flexibility index (Phi) is 2.82. The van der Waals surface area contributed by atoms with E-state index in [2.05, 4.69) is 5.10 Å². The van der Waals surface area contributed by atoms with Gasteiger partial charge in [-0.2, -0.15) is 5.10 Å². The van der Waals surface area contributed by atoms with Gasteiger partial charge in [0.1, 0.15) is 5.75 Å². The molecule has 0 spiro atoms. The monoisotopic (exact) mass is 231 g/mol. The topological polar surface area (TPSA) is 81.1 Å². The van der Waals surface area contributed by atoms with E-state index >= 15 is 0 Å². The van der Waals surface area contributed by atoms with Crippen LogP contribution in [0.25, 0.3) is 11.1 Å². The maximum absolute atomic E-state index is 10.9. The molecule has 0 aliphatic heterocycles. The molecule has 1 aromatic carbocycles. The molecule has 0 bridgehead atoms. The molecule has 1 heterocycles. The van der Waals surface area contributed by atoms with Crippen LogP contribution in [0.2, 0.25) is 0 Å². The van der Waals surface area contributed by atoms with Gasteiger partial charge in [0.05, 0.1) is 6.20 Å². The maximum Gasteiger partial charge on any atom is 0.248 e. The molecule has 88 valence electrons. The Morgan fingerprint density at radius 1 is 1.53 bits per heavy atom. The van der Waals surface area contributed by atoms with Gasteiger partial charge in [-0.15, -0.1) is 0 Å². The molecule has 5 heteroatoms. The molecule has 1 amide bonds. The van der Waals surface area contributed by atoms with Gasteiger partial charge in [0.25, 0.3) is 0 Å². The smallest absolute Gasteiger partial charge is 0.248 e. The van der Waals surface area contributed by atoms with E-state index in [1.165, 1.54) is 6.07 Å². The minimum Gasteiger partial charge on any atom is -0.507 e. The van der Waals surface area contributed by atoms with E-state index in [0.29, 0.717) is 5.56 Å². The highest BCUT2D eigenvalue weighted by atomic mass is 16.3. The Morgan fingerprint density at radius 3 is 2.82 bits per heavy atom. The summed E-state index contributed by atoms with van der Waals surface area (Å²) in [5, 5.41) is 14.0. The van der Waals surface area contributed by atoms with Crippen molar-refractivity contribution in [3.63, 3.8) is 0 Å². The number of carbonyl (C=O) groups excluding carboxylic acids is 1. The molecule has 0 saturated heterocycles. The second-order valence-electron chi connectivity index (χ2n) is 3.68. The van der Waals surface area contributed by atoms with Crippen LogP contribution < -0.4 is 5.73 Å². The molecular weight excluding hydrogens is 218 g/mol. The van der Waals surface area contributed by atoms with Crippen molar-refractivity contribution in [2.24, 2.45) is 5.73 Å². The van der Waals surface area contributed by atoms with Gasteiger partial charge >= 0.3 is 0 Å². The van der Waals surface area contributed by atoms with Gasteiger partial charge in [0.15, 0.2) is 0 Å². The van der Waals surface area contributed by atoms with E-state index in [9.17, 15) is 9.90 Å². The van der Waals surface area contributed by atoms with Crippen molar-refractivity contribution < 1.29 is 9.90 Å². The first-order valence-corrected chi connectivity index (χ1v) is 5.27. The third-order valence-electron chi connectivity index (χ3n) is 2.55. The molecule has 0 aliphatic carbocycles. The fourth-order valence-electron chi connectivity index (χ4n) is 1.60. The standard InChI is InChI=1S/C12H13N3O2/c1-2-15-7-9(6-14-15)10-4-3-8(12(13)17)5-11(10)16/h3-7,16H,2H2,1H3,(H2,13,17). The van der Waals surface area contributed by atoms with Crippen LogP contribution in [0, 0.1) is 0 Å². The largest absolute Gasteiger partial charge is 0.507 e. The van der Waals surface area contributed by atoms with Gasteiger partial charge in [0, 0.05) is 29.4 Å². The fourth-order valence-corrected chi connectivity index (χ4v) is 1.60. The molecular formula is C12H13N3O2. The van der Waals surface area contributed by atoms with Gasteiger partial charge in [0.2, 0.25) is 5.91 Å². The van der Waals surface area contributed by atoms with E-state index in [1.54, 1.807) is 23.0 Å². The maximum atomic E-state index is 10.9. The average Bonchev–Trinajstić information content (AvgIpc) is 2.77. The van der Waals surface area contributed by atoms with E-state index in [1.807, 2.05) is 13.1 Å². The van der Waals surface area contributed by atoms with Crippen LogP contribution >= 0.6 is 0 Å². The molecule has 0 saturated carbocycles. The number of phenolic OH excluding ortho intramolecular Hbond substituents is 1. The zero-order valence-electron chi connectivity index (χ0n) is 9.42. The Labute approximate surface area is 98.5 Å². The molecule has 5 nitrogen and oxygen atoms in total. The van der Waals surface area contributed by atoms with Crippen molar-refractivity contribution in [2.45, 2.75) is 13.5 Å². The minimum atomic E-state index is -0.559. The molecule has 3 N–H and O–H groups in total. The highest BCUT2D eigenvalue weighted by molar-refractivity contribution is 5.94. The molecule has 17 heavy (non-hydrogen) atoms. The van der Waals surface area contributed by atoms with Crippen LogP contribution in [-0.2, 0) is 6.54 Å². The second-order valence-corrected chi connectivity index (χ2v) is 3.68. The summed E-state index contributed by atoms with van der Waals surface area (Å²) in [6, 6.07) is 4.61. The molecule has 0 radical (unpaired) electrons. The van der Waals surface area contributed by atoms with Crippen molar-refractivity contribution in [2.75, 3.05) is 0 Å². The lowest BCUT2D eigenvalue weighted by Crippen LogP contribution is -2.10. The third-order valence-corrected chi connectivity index (χ3v) is 2.55. The molecule has 0 fully saturated rings. The van der Waals surface area contributed by atoms with Crippen molar-refractivity contribution in [3.05, 3.63) is 36.2 Å². The summed E-state index contributed by atoms with van der Waals surface area (Å²) < 4.78 is 1.76. The first kappa shape index (κ1) is 11.2. The van der Waals surface area contributed by atoms with Crippen LogP contribution in [0.15, 0.2) is 30.6 Å². The Bertz CT molecular complexity index is 561. The van der Waals surface area contributed by atoms with Crippen LogP contribution in [-0.4, -0.2) is 20.8 Å². The number of carbonyl (C=O) groups is 1. The van der Waals surface area contributed by atoms with E-state index in [4.69, 9.17) is 5.73 Å². The highest BCUT2D eigenvalue weighted by Gasteiger charge is 2.09. The number of hydrogen-bond donors (Lipinski definition) is 2. The predicted octanol–water partition coefficient (Wildman–Crippen LogP) is 1.37. The lowest BCUT2D eigenvalue weighted by molar-refractivity contribution is 0.1000. The lowest BCUT2D eigenvalue weighted by Gasteiger charge is -2.03. The molecule has 0 atom stereocenters. The van der Waals surface area contributed by atoms with Gasteiger partial charge in [-0.25, -0.2) is 0 Å². The van der Waals surface area contributed by atoms with Crippen molar-refractivity contribution in [1.82, 2.24) is 9.78 Å². The van der Waals surface area contributed by atoms with Crippen LogP contribution in [0.1, 0.15) is 17.3 Å². The number of nitrogens with two attached hydrogens (primary N) is 1. The number of aryl methyl sites for hydroxylation is 1. The van der Waals surface area contributed by atoms with Gasteiger partial charge in [-0.1, -0.05) is 0 Å². The number of nitrogens with zero attached hydrogens (tertiary/aromatic N) is 2. The first-order chi connectivity index (χ1) is 8.11. The minimum absolute atomic E-state index is 0.0250. The van der Waals surface area contributed by atoms with E-state index in [0.717, 1.165) is 12.1 Å². The SMILES string of the molecule is CCn1cc(-c2ccc(C(N)=O)cc2O)cn1. The molecule has 0 unspecified atom stereocenters. The summed E-state index contributed by atoms with van der Waals surface area (Å²) in [5.41, 5.74) is 6.86. The number of phenols is 1. The zero-order valence-corrected chi connectivity index (χ0v) is 9.42. The van der Waals surface area contributed by atoms with Crippen LogP contribution in [0.5, 0.6) is 5.75 Å². The fraction of sp³-hybridized carbons (Fsp3) is 0.167. The Morgan fingerprint density at radius 2 is 2.29 bits per heavy atom. The summed E-state index contributed by atoms with van der Waals surface area (Å²) in [4.78, 5) is 10.9. The number of aromatic nitrogens is 2. The molecule has 2 aromatic rings. The summed E-state index contributed by atoms with van der Waals surface area (Å²) in [7, 11) is 0. The number of hydrogen-bond acceptors (Lipinski definition) is 3. The molecule has 2 rings (SSSR count). The Hall–Kier alpha value is -2.30. The number of primary amides is 1. The zero-order chi connectivity index (χ0) is 12.4. The van der Waals surface area contributed by atoms with Crippen molar-refractivity contribution in [1.29, 1.82) is 0 Å². The quantitative estimate of drug-likeness (QED) is 0.837. The third kappa shape index (κ3) is 2.13. The normalized spacial score (nSPS) is 10.4. The summed E-state index contributed by atoms with van der Waals surface area (Å²) in [6.45, 7) is 2.74. The average molecular weight is 231 g/mol. The van der Waals surface area contributed by atoms with Gasteiger partial charge in [-0.3, -0.25) is 9.48 Å². The summed E-state index contributed by atoms with van der Waals surface area (Å²) in [5.74, 6) is -0.534. The number of aromatic hydroxyl groups is 1. The Balaban J connectivity index is 2.42. The van der Waals surface area contributed by atoms with Crippen molar-refractivity contribution >= 4 is 5.91 Å². The highest BCUT2D eigenvalue weighted by Crippen LogP contribution is 2.29. The van der Waals surface area contributed by atoms with Crippen LogP contribution in [0.4, 0.5) is 0 Å². The second kappa shape index (κ2) is 4.29. The summed E-state index contributed by atoms with van der Waals surface area (Å²) >= 11 is 0. The first-order valence-electron chi connectivity index (χ1n) is 5.27. The number of benzene rings is 1. The van der Waals surface area contributed by atoms with Gasteiger partial charge in [-0.05, 0) is 25.1 Å². The predicted molar refractivity (Wildman–Crippen MR) is 63.5 cm³/mol. The van der Waals surface area contributed by atoms with E-state index < -0.39 is 5.91 Å².